The van der Waals surface area contributed by atoms with Crippen LogP contribution >= 0.6 is 11.8 Å². The number of benzene rings is 1. The van der Waals surface area contributed by atoms with E-state index in [1.54, 1.807) is 42.4 Å². The van der Waals surface area contributed by atoms with E-state index in [2.05, 4.69) is 10.1 Å². The Morgan fingerprint density at radius 2 is 2.18 bits per heavy atom. The van der Waals surface area contributed by atoms with Gasteiger partial charge in [0.25, 0.3) is 0 Å². The summed E-state index contributed by atoms with van der Waals surface area (Å²) in [6.45, 7) is 3.96. The number of thioether (sulfide) groups is 1. The van der Waals surface area contributed by atoms with Crippen molar-refractivity contribution in [1.82, 2.24) is 14.8 Å². The Morgan fingerprint density at radius 3 is 2.82 bits per heavy atom. The van der Waals surface area contributed by atoms with Crippen molar-refractivity contribution in [2.24, 2.45) is 0 Å². The summed E-state index contributed by atoms with van der Waals surface area (Å²) in [5, 5.41) is 14.3. The molecule has 0 amide bonds. The summed E-state index contributed by atoms with van der Waals surface area (Å²) in [4.78, 5) is 4.42. The molecule has 2 aromatic rings. The molecular weight excluding hydrogens is 305 g/mol. The van der Waals surface area contributed by atoms with E-state index in [1.165, 1.54) is 12.1 Å². The highest BCUT2D eigenvalue weighted by molar-refractivity contribution is 7.97. The molecule has 0 atom stereocenters. The lowest BCUT2D eigenvalue weighted by Crippen LogP contribution is -2.27. The van der Waals surface area contributed by atoms with Crippen LogP contribution in [0.4, 0.5) is 4.39 Å². The zero-order valence-electron chi connectivity index (χ0n) is 12.9. The zero-order valence-corrected chi connectivity index (χ0v) is 13.7. The van der Waals surface area contributed by atoms with Crippen LogP contribution in [0.5, 0.6) is 5.75 Å². The lowest BCUT2D eigenvalue weighted by Gasteiger charge is -2.17. The molecular formula is C15H20FN3O2S. The van der Waals surface area contributed by atoms with Gasteiger partial charge in [-0.2, -0.15) is 16.9 Å². The molecule has 5 nitrogen and oxygen atoms in total. The van der Waals surface area contributed by atoms with E-state index in [0.29, 0.717) is 23.9 Å². The van der Waals surface area contributed by atoms with Gasteiger partial charge in [-0.05, 0) is 32.2 Å². The van der Waals surface area contributed by atoms with Gasteiger partial charge in [0.1, 0.15) is 24.0 Å². The Hall–Kier alpha value is -1.60. The van der Waals surface area contributed by atoms with Gasteiger partial charge >= 0.3 is 0 Å². The third-order valence-electron chi connectivity index (χ3n) is 2.77. The number of hydrogen-bond acceptors (Lipinski definition) is 5. The van der Waals surface area contributed by atoms with E-state index < -0.39 is 5.60 Å². The van der Waals surface area contributed by atoms with E-state index in [0.717, 1.165) is 5.82 Å². The van der Waals surface area contributed by atoms with E-state index in [1.807, 2.05) is 6.26 Å². The highest BCUT2D eigenvalue weighted by Crippen LogP contribution is 2.15. The van der Waals surface area contributed by atoms with Crippen LogP contribution in [0.1, 0.15) is 25.5 Å². The number of aromatic nitrogens is 3. The smallest absolute Gasteiger partial charge is 0.188 e. The van der Waals surface area contributed by atoms with Gasteiger partial charge in [-0.25, -0.2) is 14.1 Å². The molecule has 2 rings (SSSR count). The van der Waals surface area contributed by atoms with Crippen LogP contribution in [0.3, 0.4) is 0 Å². The van der Waals surface area contributed by atoms with Gasteiger partial charge in [-0.1, -0.05) is 6.07 Å². The fraction of sp³-hybridized carbons (Fsp3) is 0.467. The molecule has 22 heavy (non-hydrogen) atoms. The summed E-state index contributed by atoms with van der Waals surface area (Å²) in [7, 11) is 0. The monoisotopic (exact) mass is 325 g/mol. The van der Waals surface area contributed by atoms with Gasteiger partial charge in [0.2, 0.25) is 0 Å². The van der Waals surface area contributed by atoms with Crippen molar-refractivity contribution in [2.75, 3.05) is 6.26 Å². The van der Waals surface area contributed by atoms with Crippen LogP contribution < -0.4 is 4.74 Å². The number of aliphatic hydroxyl groups is 1. The quantitative estimate of drug-likeness (QED) is 0.848. The molecule has 0 aliphatic carbocycles. The van der Waals surface area contributed by atoms with Crippen LogP contribution in [0.25, 0.3) is 0 Å². The Morgan fingerprint density at radius 1 is 1.41 bits per heavy atom. The first-order valence-corrected chi connectivity index (χ1v) is 8.29. The summed E-state index contributed by atoms with van der Waals surface area (Å²) in [5.41, 5.74) is -0.873. The molecule has 0 aliphatic heterocycles. The van der Waals surface area contributed by atoms with Gasteiger partial charge in [0.15, 0.2) is 5.82 Å². The second kappa shape index (κ2) is 7.11. The summed E-state index contributed by atoms with van der Waals surface area (Å²) in [5.74, 6) is 2.08. The first-order valence-electron chi connectivity index (χ1n) is 6.89. The minimum atomic E-state index is -0.873. The predicted molar refractivity (Wildman–Crippen MR) is 84.3 cm³/mol. The second-order valence-corrected chi connectivity index (χ2v) is 6.46. The molecule has 1 heterocycles. The maximum absolute atomic E-state index is 13.1. The summed E-state index contributed by atoms with van der Waals surface area (Å²) in [6.07, 6.45) is 1.98. The van der Waals surface area contributed by atoms with E-state index in [9.17, 15) is 9.50 Å². The third-order valence-corrected chi connectivity index (χ3v) is 3.31. The Balaban J connectivity index is 2.09. The molecule has 0 radical (unpaired) electrons. The topological polar surface area (TPSA) is 60.2 Å². The molecule has 0 bridgehead atoms. The van der Waals surface area contributed by atoms with Gasteiger partial charge in [0.05, 0.1) is 17.9 Å². The second-order valence-electron chi connectivity index (χ2n) is 5.59. The molecule has 1 N–H and O–H groups in total. The van der Waals surface area contributed by atoms with E-state index in [-0.39, 0.29) is 12.4 Å². The number of halogens is 1. The summed E-state index contributed by atoms with van der Waals surface area (Å²) in [6, 6.07) is 5.94. The Kier molecular flexibility index (Phi) is 5.42. The highest BCUT2D eigenvalue weighted by atomic mass is 32.2. The molecule has 7 heteroatoms. The number of rotatable bonds is 7. The van der Waals surface area contributed by atoms with E-state index in [4.69, 9.17) is 4.74 Å². The predicted octanol–water partition coefficient (Wildman–Crippen LogP) is 2.63. The first kappa shape index (κ1) is 16.8. The molecule has 120 valence electrons. The van der Waals surface area contributed by atoms with Crippen molar-refractivity contribution < 1.29 is 14.2 Å². The van der Waals surface area contributed by atoms with Gasteiger partial charge < -0.3 is 9.84 Å². The number of hydrogen-bond donors (Lipinski definition) is 1. The van der Waals surface area contributed by atoms with Crippen molar-refractivity contribution in [2.45, 2.75) is 38.4 Å². The summed E-state index contributed by atoms with van der Waals surface area (Å²) < 4.78 is 20.3. The van der Waals surface area contributed by atoms with Crippen LogP contribution in [0, 0.1) is 5.82 Å². The first-order chi connectivity index (χ1) is 10.4. The zero-order chi connectivity index (χ0) is 16.2. The molecule has 0 saturated carbocycles. The molecule has 0 unspecified atom stereocenters. The fourth-order valence-corrected chi connectivity index (χ4v) is 2.39. The van der Waals surface area contributed by atoms with Crippen LogP contribution in [-0.2, 0) is 18.9 Å². The van der Waals surface area contributed by atoms with Crippen LogP contribution in [-0.4, -0.2) is 31.7 Å². The minimum Gasteiger partial charge on any atom is -0.485 e. The Labute approximate surface area is 133 Å². The minimum absolute atomic E-state index is 0.156. The van der Waals surface area contributed by atoms with Crippen LogP contribution in [0.15, 0.2) is 24.3 Å². The van der Waals surface area contributed by atoms with Gasteiger partial charge in [-0.15, -0.1) is 0 Å². The fourth-order valence-electron chi connectivity index (χ4n) is 1.92. The highest BCUT2D eigenvalue weighted by Gasteiger charge is 2.18. The molecule has 0 saturated heterocycles. The van der Waals surface area contributed by atoms with Crippen molar-refractivity contribution in [3.63, 3.8) is 0 Å². The molecule has 0 aliphatic rings. The standard InChI is InChI=1S/C15H20FN3O2S/c1-15(2,20)10-19-14(9-22-3)17-13(18-19)8-21-12-6-4-5-11(16)7-12/h4-7,20H,8-10H2,1-3H3. The molecule has 0 fully saturated rings. The number of nitrogens with zero attached hydrogens (tertiary/aromatic N) is 3. The van der Waals surface area contributed by atoms with E-state index >= 15 is 0 Å². The van der Waals surface area contributed by atoms with Gasteiger partial charge in [-0.3, -0.25) is 0 Å². The van der Waals surface area contributed by atoms with Gasteiger partial charge in [0, 0.05) is 6.07 Å². The van der Waals surface area contributed by atoms with Crippen LogP contribution in [0.2, 0.25) is 0 Å². The molecule has 1 aromatic heterocycles. The van der Waals surface area contributed by atoms with Crippen molar-refractivity contribution >= 4 is 11.8 Å². The van der Waals surface area contributed by atoms with Crippen molar-refractivity contribution in [1.29, 1.82) is 0 Å². The maximum Gasteiger partial charge on any atom is 0.188 e. The Bertz CT molecular complexity index is 625. The van der Waals surface area contributed by atoms with Crippen molar-refractivity contribution in [3.05, 3.63) is 41.7 Å². The number of ether oxygens (including phenoxy) is 1. The third kappa shape index (κ3) is 4.99. The van der Waals surface area contributed by atoms with Crippen molar-refractivity contribution in [3.8, 4) is 5.75 Å². The molecule has 0 spiro atoms. The average molecular weight is 325 g/mol. The SMILES string of the molecule is CSCc1nc(COc2cccc(F)c2)nn1CC(C)(C)O. The maximum atomic E-state index is 13.1. The lowest BCUT2D eigenvalue weighted by atomic mass is 10.1. The largest absolute Gasteiger partial charge is 0.485 e. The average Bonchev–Trinajstić information content (AvgIpc) is 2.77. The lowest BCUT2D eigenvalue weighted by molar-refractivity contribution is 0.0566. The molecule has 1 aromatic carbocycles. The normalized spacial score (nSPS) is 11.7. The summed E-state index contributed by atoms with van der Waals surface area (Å²) >= 11 is 1.63.